The van der Waals surface area contributed by atoms with Gasteiger partial charge in [0.2, 0.25) is 6.79 Å². The minimum atomic E-state index is -2.26. The quantitative estimate of drug-likeness (QED) is 0.644. The van der Waals surface area contributed by atoms with Gasteiger partial charge in [-0.3, -0.25) is 0 Å². The molecule has 13 heavy (non-hydrogen) atoms. The molecule has 0 bridgehead atoms. The molecule has 1 heterocycles. The van der Waals surface area contributed by atoms with E-state index in [1.54, 1.807) is 13.3 Å². The predicted octanol–water partition coefficient (Wildman–Crippen LogP) is 1.66. The van der Waals surface area contributed by atoms with Gasteiger partial charge in [-0.25, -0.2) is 0 Å². The van der Waals surface area contributed by atoms with E-state index < -0.39 is 7.14 Å². The Morgan fingerprint density at radius 3 is 2.77 bits per heavy atom. The molecule has 0 fully saturated rings. The monoisotopic (exact) mass is 198 g/mol. The molecular formula is C9H11O3P. The van der Waals surface area contributed by atoms with Gasteiger partial charge in [0, 0.05) is 0 Å². The van der Waals surface area contributed by atoms with E-state index in [0.29, 0.717) is 11.5 Å². The van der Waals surface area contributed by atoms with E-state index in [1.165, 1.54) is 0 Å². The summed E-state index contributed by atoms with van der Waals surface area (Å²) in [5.74, 6) is 1.34. The first-order chi connectivity index (χ1) is 6.09. The molecule has 1 aliphatic heterocycles. The van der Waals surface area contributed by atoms with E-state index in [-0.39, 0.29) is 6.79 Å². The standard InChI is InChI=1S/C9H11O3P/c1-13(2,10)8-5-3-4-7-9(8)12-6-11-7/h3-5H,6H2,1-2H3. The second-order valence-corrected chi connectivity index (χ2v) is 6.55. The molecule has 0 unspecified atom stereocenters. The molecule has 3 nitrogen and oxygen atoms in total. The molecule has 0 radical (unpaired) electrons. The second-order valence-electron chi connectivity index (χ2n) is 3.36. The Balaban J connectivity index is 2.60. The molecule has 1 aromatic carbocycles. The van der Waals surface area contributed by atoms with E-state index in [0.717, 1.165) is 5.30 Å². The molecule has 0 amide bonds. The molecule has 70 valence electrons. The summed E-state index contributed by atoms with van der Waals surface area (Å²) in [7, 11) is -2.26. The first-order valence-corrected chi connectivity index (χ1v) is 6.63. The minimum Gasteiger partial charge on any atom is -0.454 e. The minimum absolute atomic E-state index is 0.229. The SMILES string of the molecule is CP(C)(=O)c1cccc2c1OCO2. The fraction of sp³-hybridized carbons (Fsp3) is 0.333. The maximum Gasteiger partial charge on any atom is 0.231 e. The summed E-state index contributed by atoms with van der Waals surface area (Å²) in [6, 6.07) is 5.48. The summed E-state index contributed by atoms with van der Waals surface area (Å²) in [5.41, 5.74) is 0. The molecule has 0 atom stereocenters. The highest BCUT2D eigenvalue weighted by Gasteiger charge is 2.23. The maximum absolute atomic E-state index is 11.8. The van der Waals surface area contributed by atoms with Crippen LogP contribution in [-0.4, -0.2) is 20.1 Å². The maximum atomic E-state index is 11.8. The number of fused-ring (bicyclic) bond motifs is 1. The van der Waals surface area contributed by atoms with Gasteiger partial charge in [0.05, 0.1) is 5.30 Å². The lowest BCUT2D eigenvalue weighted by Crippen LogP contribution is -2.05. The molecule has 0 spiro atoms. The van der Waals surface area contributed by atoms with Crippen LogP contribution in [-0.2, 0) is 4.57 Å². The molecule has 0 aliphatic carbocycles. The van der Waals surface area contributed by atoms with Crippen molar-refractivity contribution in [3.05, 3.63) is 18.2 Å². The fourth-order valence-electron chi connectivity index (χ4n) is 1.34. The number of rotatable bonds is 1. The van der Waals surface area contributed by atoms with Gasteiger partial charge in [0.25, 0.3) is 0 Å². The van der Waals surface area contributed by atoms with E-state index in [9.17, 15) is 4.57 Å². The first kappa shape index (κ1) is 8.64. The Morgan fingerprint density at radius 2 is 2.08 bits per heavy atom. The number of hydrogen-bond donors (Lipinski definition) is 0. The van der Waals surface area contributed by atoms with E-state index in [2.05, 4.69) is 0 Å². The molecule has 1 aromatic rings. The van der Waals surface area contributed by atoms with Gasteiger partial charge in [-0.15, -0.1) is 0 Å². The molecule has 0 saturated carbocycles. The molecular weight excluding hydrogens is 187 g/mol. The number of para-hydroxylation sites is 1. The first-order valence-electron chi connectivity index (χ1n) is 4.03. The average Bonchev–Trinajstić information content (AvgIpc) is 2.48. The fourth-order valence-corrected chi connectivity index (χ4v) is 2.45. The van der Waals surface area contributed by atoms with Gasteiger partial charge in [-0.1, -0.05) is 6.07 Å². The van der Waals surface area contributed by atoms with E-state index in [1.807, 2.05) is 18.2 Å². The Morgan fingerprint density at radius 1 is 1.31 bits per heavy atom. The molecule has 4 heteroatoms. The second kappa shape index (κ2) is 2.78. The number of ether oxygens (including phenoxy) is 2. The lowest BCUT2D eigenvalue weighted by molar-refractivity contribution is 0.174. The summed E-state index contributed by atoms with van der Waals surface area (Å²) in [4.78, 5) is 0. The van der Waals surface area contributed by atoms with E-state index in [4.69, 9.17) is 9.47 Å². The lowest BCUT2D eigenvalue weighted by atomic mass is 10.3. The van der Waals surface area contributed by atoms with Crippen molar-refractivity contribution in [2.45, 2.75) is 0 Å². The van der Waals surface area contributed by atoms with Crippen LogP contribution in [0, 0.1) is 0 Å². The molecule has 2 rings (SSSR count). The van der Waals surface area contributed by atoms with Crippen molar-refractivity contribution in [3.63, 3.8) is 0 Å². The van der Waals surface area contributed by atoms with Gasteiger partial charge >= 0.3 is 0 Å². The van der Waals surface area contributed by atoms with Crippen LogP contribution in [0.5, 0.6) is 11.5 Å². The van der Waals surface area contributed by atoms with Crippen LogP contribution in [0.4, 0.5) is 0 Å². The van der Waals surface area contributed by atoms with Crippen molar-refractivity contribution in [3.8, 4) is 11.5 Å². The lowest BCUT2D eigenvalue weighted by Gasteiger charge is -2.09. The van der Waals surface area contributed by atoms with Crippen LogP contribution in [0.3, 0.4) is 0 Å². The van der Waals surface area contributed by atoms with Crippen molar-refractivity contribution in [1.29, 1.82) is 0 Å². The van der Waals surface area contributed by atoms with Crippen LogP contribution in [0.1, 0.15) is 0 Å². The van der Waals surface area contributed by atoms with Crippen LogP contribution in [0.25, 0.3) is 0 Å². The van der Waals surface area contributed by atoms with Crippen molar-refractivity contribution in [1.82, 2.24) is 0 Å². The molecule has 0 saturated heterocycles. The zero-order chi connectivity index (χ0) is 9.47. The third-order valence-corrected chi connectivity index (χ3v) is 3.47. The van der Waals surface area contributed by atoms with Gasteiger partial charge in [-0.2, -0.15) is 0 Å². The van der Waals surface area contributed by atoms with Crippen molar-refractivity contribution < 1.29 is 14.0 Å². The number of benzene rings is 1. The zero-order valence-electron chi connectivity index (χ0n) is 7.61. The van der Waals surface area contributed by atoms with Gasteiger partial charge in [-0.05, 0) is 25.5 Å². The Bertz CT molecular complexity index is 380. The topological polar surface area (TPSA) is 35.5 Å². The van der Waals surface area contributed by atoms with Gasteiger partial charge < -0.3 is 14.0 Å². The predicted molar refractivity (Wildman–Crippen MR) is 51.7 cm³/mol. The summed E-state index contributed by atoms with van der Waals surface area (Å²) in [5, 5.41) is 0.766. The normalized spacial score (nSPS) is 14.6. The van der Waals surface area contributed by atoms with Crippen molar-refractivity contribution in [2.75, 3.05) is 20.1 Å². The largest absolute Gasteiger partial charge is 0.454 e. The summed E-state index contributed by atoms with van der Waals surface area (Å²) in [6.45, 7) is 3.68. The molecule has 0 N–H and O–H groups in total. The highest BCUT2D eigenvalue weighted by atomic mass is 31.2. The van der Waals surface area contributed by atoms with Gasteiger partial charge in [0.1, 0.15) is 7.14 Å². The Hall–Kier alpha value is -0.950. The Labute approximate surface area is 77.0 Å². The summed E-state index contributed by atoms with van der Waals surface area (Å²) >= 11 is 0. The van der Waals surface area contributed by atoms with E-state index >= 15 is 0 Å². The zero-order valence-corrected chi connectivity index (χ0v) is 8.51. The number of hydrogen-bond acceptors (Lipinski definition) is 3. The Kier molecular flexibility index (Phi) is 1.85. The van der Waals surface area contributed by atoms with Crippen LogP contribution in [0.2, 0.25) is 0 Å². The summed E-state index contributed by atoms with van der Waals surface area (Å²) in [6.07, 6.45) is 0. The average molecular weight is 198 g/mol. The third kappa shape index (κ3) is 1.44. The van der Waals surface area contributed by atoms with Gasteiger partial charge in [0.15, 0.2) is 11.5 Å². The van der Waals surface area contributed by atoms with Crippen molar-refractivity contribution in [2.24, 2.45) is 0 Å². The summed E-state index contributed by atoms with van der Waals surface area (Å²) < 4.78 is 22.3. The van der Waals surface area contributed by atoms with Crippen LogP contribution in [0.15, 0.2) is 18.2 Å². The highest BCUT2D eigenvalue weighted by molar-refractivity contribution is 7.70. The van der Waals surface area contributed by atoms with Crippen LogP contribution >= 0.6 is 7.14 Å². The highest BCUT2D eigenvalue weighted by Crippen LogP contribution is 2.43. The molecule has 0 aromatic heterocycles. The third-order valence-electron chi connectivity index (χ3n) is 1.96. The van der Waals surface area contributed by atoms with Crippen LogP contribution < -0.4 is 14.8 Å². The molecule has 1 aliphatic rings. The van der Waals surface area contributed by atoms with Crippen molar-refractivity contribution >= 4 is 12.4 Å². The smallest absolute Gasteiger partial charge is 0.231 e.